The minimum atomic E-state index is -0.994. The molecule has 0 aliphatic rings. The Labute approximate surface area is 124 Å². The van der Waals surface area contributed by atoms with E-state index in [2.05, 4.69) is 4.98 Å². The Morgan fingerprint density at radius 2 is 1.67 bits per heavy atom. The molecule has 0 bridgehead atoms. The molecule has 0 aliphatic carbocycles. The first-order valence-corrected chi connectivity index (χ1v) is 7.18. The lowest BCUT2D eigenvalue weighted by atomic mass is 9.75. The van der Waals surface area contributed by atoms with Crippen molar-refractivity contribution in [3.05, 3.63) is 48.3 Å². The minimum Gasteiger partial charge on any atom is -0.383 e. The Morgan fingerprint density at radius 1 is 0.952 bits per heavy atom. The second-order valence-corrected chi connectivity index (χ2v) is 6.73. The average molecular weight is 280 g/mol. The molecule has 1 aromatic carbocycles. The number of aromatic nitrogens is 2. The number of nitrogens with zero attached hydrogens (tertiary/aromatic N) is 2. The third kappa shape index (κ3) is 2.18. The Bertz CT molecular complexity index is 816. The predicted molar refractivity (Wildman–Crippen MR) is 86.1 cm³/mol. The highest BCUT2D eigenvalue weighted by Gasteiger charge is 2.38. The van der Waals surface area contributed by atoms with Gasteiger partial charge in [-0.1, -0.05) is 32.9 Å². The SMILES string of the molecule is CC(C)(C)C(C)(O)c1ccc2ccc3ncccc3c2n1. The zero-order valence-corrected chi connectivity index (χ0v) is 12.9. The molecule has 0 aliphatic heterocycles. The summed E-state index contributed by atoms with van der Waals surface area (Å²) in [5.41, 5.74) is 1.22. The fourth-order valence-electron chi connectivity index (χ4n) is 2.39. The van der Waals surface area contributed by atoms with E-state index in [-0.39, 0.29) is 5.41 Å². The van der Waals surface area contributed by atoms with Gasteiger partial charge in [-0.3, -0.25) is 4.98 Å². The highest BCUT2D eigenvalue weighted by atomic mass is 16.3. The Hall–Kier alpha value is -2.00. The third-order valence-corrected chi connectivity index (χ3v) is 4.40. The molecule has 0 saturated carbocycles. The van der Waals surface area contributed by atoms with E-state index in [4.69, 9.17) is 4.98 Å². The summed E-state index contributed by atoms with van der Waals surface area (Å²) in [7, 11) is 0. The van der Waals surface area contributed by atoms with Gasteiger partial charge < -0.3 is 5.11 Å². The first kappa shape index (κ1) is 14.0. The van der Waals surface area contributed by atoms with Crippen LogP contribution in [0.1, 0.15) is 33.4 Å². The lowest BCUT2D eigenvalue weighted by Crippen LogP contribution is -2.37. The third-order valence-electron chi connectivity index (χ3n) is 4.40. The van der Waals surface area contributed by atoms with Crippen LogP contribution >= 0.6 is 0 Å². The molecule has 0 radical (unpaired) electrons. The van der Waals surface area contributed by atoms with E-state index >= 15 is 0 Å². The van der Waals surface area contributed by atoms with Gasteiger partial charge in [0.2, 0.25) is 0 Å². The van der Waals surface area contributed by atoms with Crippen molar-refractivity contribution < 1.29 is 5.11 Å². The summed E-state index contributed by atoms with van der Waals surface area (Å²) in [6.45, 7) is 7.88. The molecule has 2 aromatic heterocycles. The molecule has 3 aromatic rings. The second kappa shape index (κ2) is 4.50. The maximum absolute atomic E-state index is 10.9. The Kier molecular flexibility index (Phi) is 2.99. The van der Waals surface area contributed by atoms with Crippen LogP contribution in [0.2, 0.25) is 0 Å². The van der Waals surface area contributed by atoms with Crippen molar-refractivity contribution in [2.75, 3.05) is 0 Å². The molecular formula is C18H20N2O. The van der Waals surface area contributed by atoms with Gasteiger partial charge in [0, 0.05) is 17.0 Å². The van der Waals surface area contributed by atoms with E-state index in [1.807, 2.05) is 64.1 Å². The molecule has 3 rings (SSSR count). The minimum absolute atomic E-state index is 0.295. The molecule has 1 atom stereocenters. The first-order chi connectivity index (χ1) is 9.80. The van der Waals surface area contributed by atoms with E-state index in [0.717, 1.165) is 21.8 Å². The number of pyridine rings is 2. The van der Waals surface area contributed by atoms with Crippen LogP contribution in [0.4, 0.5) is 0 Å². The van der Waals surface area contributed by atoms with Crippen molar-refractivity contribution in [3.63, 3.8) is 0 Å². The Morgan fingerprint density at radius 3 is 2.38 bits per heavy atom. The molecule has 1 unspecified atom stereocenters. The monoisotopic (exact) mass is 280 g/mol. The molecule has 1 N–H and O–H groups in total. The lowest BCUT2D eigenvalue weighted by molar-refractivity contribution is -0.0503. The van der Waals surface area contributed by atoms with E-state index in [0.29, 0.717) is 5.69 Å². The van der Waals surface area contributed by atoms with Gasteiger partial charge in [0.05, 0.1) is 16.7 Å². The van der Waals surface area contributed by atoms with Crippen LogP contribution in [0.5, 0.6) is 0 Å². The van der Waals surface area contributed by atoms with Crippen LogP contribution in [0.3, 0.4) is 0 Å². The second-order valence-electron chi connectivity index (χ2n) is 6.73. The highest BCUT2D eigenvalue weighted by molar-refractivity contribution is 6.03. The molecular weight excluding hydrogens is 260 g/mol. The summed E-state index contributed by atoms with van der Waals surface area (Å²) >= 11 is 0. The number of rotatable bonds is 1. The van der Waals surface area contributed by atoms with Gasteiger partial charge in [-0.25, -0.2) is 4.98 Å². The molecule has 3 nitrogen and oxygen atoms in total. The van der Waals surface area contributed by atoms with Crippen molar-refractivity contribution in [2.24, 2.45) is 5.41 Å². The van der Waals surface area contributed by atoms with Crippen LogP contribution in [0.25, 0.3) is 21.8 Å². The summed E-state index contributed by atoms with van der Waals surface area (Å²) < 4.78 is 0. The fraction of sp³-hybridized carbons (Fsp3) is 0.333. The summed E-state index contributed by atoms with van der Waals surface area (Å²) in [4.78, 5) is 9.12. The van der Waals surface area contributed by atoms with Crippen LogP contribution < -0.4 is 0 Å². The molecule has 21 heavy (non-hydrogen) atoms. The van der Waals surface area contributed by atoms with Gasteiger partial charge in [0.15, 0.2) is 0 Å². The van der Waals surface area contributed by atoms with Gasteiger partial charge in [0.1, 0.15) is 5.60 Å². The van der Waals surface area contributed by atoms with Crippen LogP contribution in [-0.4, -0.2) is 15.1 Å². The smallest absolute Gasteiger partial charge is 0.108 e. The number of aliphatic hydroxyl groups is 1. The van der Waals surface area contributed by atoms with Gasteiger partial charge >= 0.3 is 0 Å². The number of hydrogen-bond acceptors (Lipinski definition) is 3. The normalized spacial score (nSPS) is 15.3. The molecule has 0 amide bonds. The van der Waals surface area contributed by atoms with Crippen molar-refractivity contribution in [3.8, 4) is 0 Å². The standard InChI is InChI=1S/C18H20N2O/c1-17(2,3)18(4,21)15-10-8-12-7-9-14-13(16(12)20-15)6-5-11-19-14/h5-11,21H,1-4H3. The van der Waals surface area contributed by atoms with E-state index in [1.54, 1.807) is 6.20 Å². The first-order valence-electron chi connectivity index (χ1n) is 7.18. The number of benzene rings is 1. The maximum atomic E-state index is 10.9. The van der Waals surface area contributed by atoms with Gasteiger partial charge in [-0.05, 0) is 36.6 Å². The van der Waals surface area contributed by atoms with Gasteiger partial charge in [-0.15, -0.1) is 0 Å². The summed E-state index contributed by atoms with van der Waals surface area (Å²) in [6, 6.07) is 11.9. The number of fused-ring (bicyclic) bond motifs is 3. The van der Waals surface area contributed by atoms with Crippen molar-refractivity contribution in [1.82, 2.24) is 9.97 Å². The highest BCUT2D eigenvalue weighted by Crippen LogP contribution is 2.38. The fourth-order valence-corrected chi connectivity index (χ4v) is 2.39. The van der Waals surface area contributed by atoms with Crippen molar-refractivity contribution in [1.29, 1.82) is 0 Å². The zero-order valence-electron chi connectivity index (χ0n) is 12.9. The molecule has 0 saturated heterocycles. The molecule has 2 heterocycles. The predicted octanol–water partition coefficient (Wildman–Crippen LogP) is 4.04. The molecule has 3 heteroatoms. The van der Waals surface area contributed by atoms with Crippen molar-refractivity contribution in [2.45, 2.75) is 33.3 Å². The zero-order chi connectivity index (χ0) is 15.3. The molecule has 108 valence electrons. The summed E-state index contributed by atoms with van der Waals surface area (Å²) in [5.74, 6) is 0. The quantitative estimate of drug-likeness (QED) is 0.684. The van der Waals surface area contributed by atoms with Gasteiger partial charge in [-0.2, -0.15) is 0 Å². The molecule has 0 spiro atoms. The molecule has 0 fully saturated rings. The van der Waals surface area contributed by atoms with Crippen LogP contribution in [0.15, 0.2) is 42.6 Å². The van der Waals surface area contributed by atoms with Crippen LogP contribution in [0, 0.1) is 5.41 Å². The van der Waals surface area contributed by atoms with Crippen LogP contribution in [-0.2, 0) is 5.60 Å². The van der Waals surface area contributed by atoms with E-state index in [9.17, 15) is 5.11 Å². The summed E-state index contributed by atoms with van der Waals surface area (Å²) in [6.07, 6.45) is 1.78. The lowest BCUT2D eigenvalue weighted by Gasteiger charge is -2.36. The average Bonchev–Trinajstić information content (AvgIpc) is 2.45. The van der Waals surface area contributed by atoms with Gasteiger partial charge in [0.25, 0.3) is 0 Å². The van der Waals surface area contributed by atoms with Crippen molar-refractivity contribution >= 4 is 21.8 Å². The largest absolute Gasteiger partial charge is 0.383 e. The number of hydrogen-bond donors (Lipinski definition) is 1. The van der Waals surface area contributed by atoms with E-state index < -0.39 is 5.60 Å². The topological polar surface area (TPSA) is 46.0 Å². The maximum Gasteiger partial charge on any atom is 0.108 e. The Balaban J connectivity index is 2.31. The van der Waals surface area contributed by atoms with E-state index in [1.165, 1.54) is 0 Å². The summed E-state index contributed by atoms with van der Waals surface area (Å²) in [5, 5.41) is 13.0.